The van der Waals surface area contributed by atoms with Crippen molar-refractivity contribution in [2.24, 2.45) is 5.92 Å². The van der Waals surface area contributed by atoms with Gasteiger partial charge in [-0.25, -0.2) is 0 Å². The Balaban J connectivity index is 1.50. The average molecular weight is 284 g/mol. The molecule has 2 fully saturated rings. The second-order valence-corrected chi connectivity index (χ2v) is 6.17. The second kappa shape index (κ2) is 4.84. The van der Waals surface area contributed by atoms with Gasteiger partial charge < -0.3 is 10.2 Å². The van der Waals surface area contributed by atoms with Crippen LogP contribution in [0.4, 0.5) is 0 Å². The van der Waals surface area contributed by atoms with Crippen molar-refractivity contribution < 1.29 is 4.79 Å². The van der Waals surface area contributed by atoms with E-state index in [4.69, 9.17) is 0 Å². The lowest BCUT2D eigenvalue weighted by molar-refractivity contribution is 0.0904. The van der Waals surface area contributed by atoms with Crippen molar-refractivity contribution in [2.45, 2.75) is 31.8 Å². The first-order valence-corrected chi connectivity index (χ1v) is 7.74. The van der Waals surface area contributed by atoms with Gasteiger partial charge in [0.05, 0.1) is 5.52 Å². The van der Waals surface area contributed by atoms with E-state index in [9.17, 15) is 4.79 Å². The van der Waals surface area contributed by atoms with Crippen molar-refractivity contribution >= 4 is 16.8 Å². The van der Waals surface area contributed by atoms with Gasteiger partial charge in [0.1, 0.15) is 0 Å². The fourth-order valence-electron chi connectivity index (χ4n) is 3.98. The van der Waals surface area contributed by atoms with E-state index in [2.05, 4.69) is 27.3 Å². The van der Waals surface area contributed by atoms with E-state index in [1.165, 1.54) is 6.42 Å². The summed E-state index contributed by atoms with van der Waals surface area (Å²) in [6, 6.07) is 8.72. The molecule has 2 bridgehead atoms. The van der Waals surface area contributed by atoms with Crippen molar-refractivity contribution in [2.75, 3.05) is 13.1 Å². The van der Waals surface area contributed by atoms with Gasteiger partial charge in [0.15, 0.2) is 5.69 Å². The Bertz CT molecular complexity index is 680. The molecular formula is C16H20N4O. The summed E-state index contributed by atoms with van der Waals surface area (Å²) in [6.45, 7) is 4.45. The normalized spacial score (nSPS) is 28.3. The summed E-state index contributed by atoms with van der Waals surface area (Å²) < 4.78 is 0. The minimum absolute atomic E-state index is 0.0481. The number of para-hydroxylation sites is 1. The fourth-order valence-corrected chi connectivity index (χ4v) is 3.98. The first-order chi connectivity index (χ1) is 10.3. The van der Waals surface area contributed by atoms with Crippen molar-refractivity contribution in [3.63, 3.8) is 0 Å². The molecule has 2 heterocycles. The maximum Gasteiger partial charge on any atom is 0.272 e. The molecule has 3 unspecified atom stereocenters. The van der Waals surface area contributed by atoms with Crippen LogP contribution in [-0.2, 0) is 0 Å². The molecule has 1 aromatic heterocycles. The number of amides is 1. The number of fused-ring (bicyclic) bond motifs is 3. The summed E-state index contributed by atoms with van der Waals surface area (Å²) in [5, 5.41) is 11.2. The Morgan fingerprint density at radius 2 is 2.29 bits per heavy atom. The molecule has 1 amide bonds. The summed E-state index contributed by atoms with van der Waals surface area (Å²) in [6.07, 6.45) is 2.30. The Hall–Kier alpha value is -1.88. The highest BCUT2D eigenvalue weighted by atomic mass is 16.2. The molecule has 2 N–H and O–H groups in total. The van der Waals surface area contributed by atoms with E-state index >= 15 is 0 Å². The number of hydrogen-bond acceptors (Lipinski definition) is 3. The van der Waals surface area contributed by atoms with Gasteiger partial charge >= 0.3 is 0 Å². The van der Waals surface area contributed by atoms with Crippen LogP contribution in [0.5, 0.6) is 0 Å². The van der Waals surface area contributed by atoms with E-state index in [0.29, 0.717) is 23.7 Å². The SMILES string of the molecule is CCN1CC2CC1CC2NC(=O)c1n[nH]c2ccccc12. The van der Waals surface area contributed by atoms with E-state index in [-0.39, 0.29) is 5.91 Å². The van der Waals surface area contributed by atoms with E-state index in [1.807, 2.05) is 24.3 Å². The maximum absolute atomic E-state index is 12.5. The maximum atomic E-state index is 12.5. The zero-order valence-corrected chi connectivity index (χ0v) is 12.2. The third-order valence-corrected chi connectivity index (χ3v) is 5.06. The smallest absolute Gasteiger partial charge is 0.272 e. The van der Waals surface area contributed by atoms with Crippen molar-refractivity contribution in [1.82, 2.24) is 20.4 Å². The van der Waals surface area contributed by atoms with Crippen LogP contribution in [0.15, 0.2) is 24.3 Å². The number of hydrogen-bond donors (Lipinski definition) is 2. The number of carbonyl (C=O) groups is 1. The third kappa shape index (κ3) is 2.03. The molecule has 2 aliphatic rings. The Labute approximate surface area is 123 Å². The summed E-state index contributed by atoms with van der Waals surface area (Å²) in [7, 11) is 0. The molecule has 21 heavy (non-hydrogen) atoms. The minimum Gasteiger partial charge on any atom is -0.348 e. The number of carbonyl (C=O) groups excluding carboxylic acids is 1. The van der Waals surface area contributed by atoms with Gasteiger partial charge in [-0.15, -0.1) is 0 Å². The molecular weight excluding hydrogens is 264 g/mol. The molecule has 1 saturated carbocycles. The second-order valence-electron chi connectivity index (χ2n) is 6.17. The van der Waals surface area contributed by atoms with Crippen LogP contribution in [-0.4, -0.2) is 46.2 Å². The lowest BCUT2D eigenvalue weighted by atomic mass is 10.0. The Kier molecular flexibility index (Phi) is 2.96. The number of aromatic nitrogens is 2. The number of rotatable bonds is 3. The number of likely N-dealkylation sites (tertiary alicyclic amines) is 1. The monoisotopic (exact) mass is 284 g/mol. The van der Waals surface area contributed by atoms with Gasteiger partial charge in [-0.05, 0) is 31.4 Å². The lowest BCUT2D eigenvalue weighted by Crippen LogP contribution is -2.45. The minimum atomic E-state index is -0.0481. The van der Waals surface area contributed by atoms with Crippen LogP contribution in [0.1, 0.15) is 30.3 Å². The molecule has 1 aliphatic carbocycles. The lowest BCUT2D eigenvalue weighted by Gasteiger charge is -2.30. The standard InChI is InChI=1S/C16H20N4O/c1-2-20-9-10-7-11(20)8-14(10)17-16(21)15-12-5-3-4-6-13(12)18-19-15/h3-6,10-11,14H,2,7-9H2,1H3,(H,17,21)(H,18,19). The zero-order valence-electron chi connectivity index (χ0n) is 12.2. The number of aromatic amines is 1. The highest BCUT2D eigenvalue weighted by Crippen LogP contribution is 2.37. The number of nitrogens with zero attached hydrogens (tertiary/aromatic N) is 2. The van der Waals surface area contributed by atoms with Crippen molar-refractivity contribution in [3.8, 4) is 0 Å². The van der Waals surface area contributed by atoms with Gasteiger partial charge in [-0.2, -0.15) is 5.10 Å². The molecule has 0 spiro atoms. The number of piperidine rings is 1. The largest absolute Gasteiger partial charge is 0.348 e. The molecule has 1 aromatic carbocycles. The van der Waals surface area contributed by atoms with Gasteiger partial charge in [-0.3, -0.25) is 9.89 Å². The predicted octanol–water partition coefficient (Wildman–Crippen LogP) is 1.78. The Morgan fingerprint density at radius 1 is 1.43 bits per heavy atom. The highest BCUT2D eigenvalue weighted by molar-refractivity contribution is 6.04. The van der Waals surface area contributed by atoms with Crippen LogP contribution in [0.25, 0.3) is 10.9 Å². The van der Waals surface area contributed by atoms with Crippen LogP contribution in [0.3, 0.4) is 0 Å². The Morgan fingerprint density at radius 3 is 3.05 bits per heavy atom. The molecule has 1 aliphatic heterocycles. The molecule has 110 valence electrons. The summed E-state index contributed by atoms with van der Waals surface area (Å²) >= 11 is 0. The summed E-state index contributed by atoms with van der Waals surface area (Å²) in [4.78, 5) is 15.0. The molecule has 5 nitrogen and oxygen atoms in total. The predicted molar refractivity (Wildman–Crippen MR) is 81.1 cm³/mol. The zero-order chi connectivity index (χ0) is 14.4. The van der Waals surface area contributed by atoms with Gasteiger partial charge in [-0.1, -0.05) is 25.1 Å². The van der Waals surface area contributed by atoms with Gasteiger partial charge in [0, 0.05) is 24.0 Å². The van der Waals surface area contributed by atoms with Crippen LogP contribution in [0.2, 0.25) is 0 Å². The third-order valence-electron chi connectivity index (χ3n) is 5.06. The van der Waals surface area contributed by atoms with Crippen LogP contribution in [0, 0.1) is 5.92 Å². The van der Waals surface area contributed by atoms with Gasteiger partial charge in [0.2, 0.25) is 0 Å². The van der Waals surface area contributed by atoms with Crippen LogP contribution < -0.4 is 5.32 Å². The van der Waals surface area contributed by atoms with Gasteiger partial charge in [0.25, 0.3) is 5.91 Å². The molecule has 3 atom stereocenters. The van der Waals surface area contributed by atoms with Crippen molar-refractivity contribution in [3.05, 3.63) is 30.0 Å². The summed E-state index contributed by atoms with van der Waals surface area (Å²) in [5.74, 6) is 0.553. The van der Waals surface area contributed by atoms with Crippen molar-refractivity contribution in [1.29, 1.82) is 0 Å². The van der Waals surface area contributed by atoms with E-state index in [1.54, 1.807) is 0 Å². The first kappa shape index (κ1) is 12.8. The molecule has 0 radical (unpaired) electrons. The fraction of sp³-hybridized carbons (Fsp3) is 0.500. The van der Waals surface area contributed by atoms with Crippen LogP contribution >= 0.6 is 0 Å². The number of H-pyrrole nitrogens is 1. The molecule has 2 aromatic rings. The molecule has 5 heteroatoms. The highest BCUT2D eigenvalue weighted by Gasteiger charge is 2.44. The van der Waals surface area contributed by atoms with E-state index in [0.717, 1.165) is 30.4 Å². The quantitative estimate of drug-likeness (QED) is 0.903. The van der Waals surface area contributed by atoms with E-state index < -0.39 is 0 Å². The number of nitrogens with one attached hydrogen (secondary N) is 2. The first-order valence-electron chi connectivity index (χ1n) is 7.74. The number of benzene rings is 1. The summed E-state index contributed by atoms with van der Waals surface area (Å²) in [5.41, 5.74) is 1.42. The molecule has 1 saturated heterocycles. The average Bonchev–Trinajstić information content (AvgIpc) is 3.19. The topological polar surface area (TPSA) is 61.0 Å². The molecule has 4 rings (SSSR count).